The number of nitrogens with one attached hydrogen (secondary N) is 1. The number of hydrogen-bond acceptors (Lipinski definition) is 6. The van der Waals surface area contributed by atoms with E-state index in [1.165, 1.54) is 18.4 Å². The smallest absolute Gasteiger partial charge is 0.333 e. The number of rotatable bonds is 5. The van der Waals surface area contributed by atoms with E-state index in [9.17, 15) is 9.59 Å². The van der Waals surface area contributed by atoms with Crippen LogP contribution in [-0.2, 0) is 9.53 Å². The Bertz CT molecular complexity index is 1100. The molecule has 3 aromatic rings. The Morgan fingerprint density at radius 2 is 1.97 bits per heavy atom. The highest BCUT2D eigenvalue weighted by Crippen LogP contribution is 2.32. The average molecular weight is 443 g/mol. The Balaban J connectivity index is 1.54. The zero-order chi connectivity index (χ0) is 21.3. The second-order valence-electron chi connectivity index (χ2n) is 6.80. The van der Waals surface area contributed by atoms with Crippen molar-refractivity contribution in [3.63, 3.8) is 0 Å². The third-order valence-electron chi connectivity index (χ3n) is 4.77. The van der Waals surface area contributed by atoms with Crippen LogP contribution in [0.25, 0.3) is 0 Å². The number of amides is 1. The van der Waals surface area contributed by atoms with Crippen LogP contribution in [0.5, 0.6) is 5.75 Å². The van der Waals surface area contributed by atoms with E-state index in [0.29, 0.717) is 27.0 Å². The minimum atomic E-state index is -0.673. The first kappa shape index (κ1) is 20.3. The van der Waals surface area contributed by atoms with Crippen LogP contribution in [0.2, 0.25) is 4.34 Å². The van der Waals surface area contributed by atoms with Gasteiger partial charge in [0.25, 0.3) is 5.91 Å². The van der Waals surface area contributed by atoms with E-state index < -0.39 is 12.0 Å². The highest BCUT2D eigenvalue weighted by molar-refractivity contribution is 7.16. The number of benzene rings is 2. The summed E-state index contributed by atoms with van der Waals surface area (Å²) in [5.41, 5.74) is 2.95. The summed E-state index contributed by atoms with van der Waals surface area (Å²) >= 11 is 7.32. The second kappa shape index (κ2) is 8.38. The van der Waals surface area contributed by atoms with Gasteiger partial charge in [0, 0.05) is 16.3 Å². The summed E-state index contributed by atoms with van der Waals surface area (Å²) in [4.78, 5) is 27.5. The standard InChI is InChI=1S/C22H19ClN2O4S/c1-13-3-8-17-16(11-13)21(26)25(12-29-17)15-6-4-14(5-7-15)24-20(22(27)28-2)18-9-10-19(23)30-18/h3-11,20,24H,12H2,1-2H3. The number of hydrogen-bond donors (Lipinski definition) is 1. The number of esters is 1. The van der Waals surface area contributed by atoms with Gasteiger partial charge in [0.1, 0.15) is 5.75 Å². The van der Waals surface area contributed by atoms with Gasteiger partial charge in [-0.2, -0.15) is 0 Å². The van der Waals surface area contributed by atoms with Gasteiger partial charge in [-0.25, -0.2) is 4.79 Å². The van der Waals surface area contributed by atoms with E-state index in [2.05, 4.69) is 5.32 Å². The Hall–Kier alpha value is -3.03. The Labute approximate surface area is 183 Å². The van der Waals surface area contributed by atoms with E-state index in [-0.39, 0.29) is 12.6 Å². The molecule has 0 radical (unpaired) electrons. The number of thiophene rings is 1. The number of halogens is 1. The molecule has 6 nitrogen and oxygen atoms in total. The fourth-order valence-corrected chi connectivity index (χ4v) is 4.32. The molecule has 0 aliphatic carbocycles. The molecular weight excluding hydrogens is 424 g/mol. The molecule has 0 saturated heterocycles. The third kappa shape index (κ3) is 3.99. The molecule has 1 aliphatic heterocycles. The van der Waals surface area contributed by atoms with Crippen LogP contribution in [0.4, 0.5) is 11.4 Å². The fraction of sp³-hybridized carbons (Fsp3) is 0.182. The van der Waals surface area contributed by atoms with Gasteiger partial charge < -0.3 is 14.8 Å². The van der Waals surface area contributed by atoms with Gasteiger partial charge >= 0.3 is 5.97 Å². The van der Waals surface area contributed by atoms with Crippen LogP contribution < -0.4 is 15.0 Å². The quantitative estimate of drug-likeness (QED) is 0.561. The molecule has 1 N–H and O–H groups in total. The van der Waals surface area contributed by atoms with E-state index in [0.717, 1.165) is 10.4 Å². The molecule has 1 amide bonds. The molecule has 0 fully saturated rings. The molecule has 0 spiro atoms. The van der Waals surface area contributed by atoms with Crippen molar-refractivity contribution in [1.82, 2.24) is 0 Å². The van der Waals surface area contributed by atoms with Gasteiger partial charge in [0.2, 0.25) is 0 Å². The molecule has 1 atom stereocenters. The lowest BCUT2D eigenvalue weighted by atomic mass is 10.1. The largest absolute Gasteiger partial charge is 0.472 e. The van der Waals surface area contributed by atoms with E-state index in [1.54, 1.807) is 41.3 Å². The minimum absolute atomic E-state index is 0.110. The molecule has 0 bridgehead atoms. The van der Waals surface area contributed by atoms with Gasteiger partial charge in [-0.3, -0.25) is 9.69 Å². The maximum Gasteiger partial charge on any atom is 0.333 e. The first-order chi connectivity index (χ1) is 14.5. The molecule has 1 aliphatic rings. The molecule has 154 valence electrons. The van der Waals surface area contributed by atoms with Crippen LogP contribution in [0.1, 0.15) is 26.8 Å². The molecule has 8 heteroatoms. The Kier molecular flexibility index (Phi) is 5.65. The Morgan fingerprint density at radius 1 is 1.20 bits per heavy atom. The summed E-state index contributed by atoms with van der Waals surface area (Å²) in [6.07, 6.45) is 0. The predicted molar refractivity (Wildman–Crippen MR) is 118 cm³/mol. The number of methoxy groups -OCH3 is 1. The van der Waals surface area contributed by atoms with Crippen LogP contribution in [0, 0.1) is 6.92 Å². The number of carbonyl (C=O) groups excluding carboxylic acids is 2. The molecule has 2 heterocycles. The summed E-state index contributed by atoms with van der Waals surface area (Å²) in [7, 11) is 1.34. The zero-order valence-corrected chi connectivity index (χ0v) is 17.9. The van der Waals surface area contributed by atoms with Gasteiger partial charge in [-0.15, -0.1) is 11.3 Å². The highest BCUT2D eigenvalue weighted by atomic mass is 35.5. The van der Waals surface area contributed by atoms with Crippen molar-refractivity contribution in [2.24, 2.45) is 0 Å². The van der Waals surface area contributed by atoms with E-state index in [4.69, 9.17) is 21.1 Å². The van der Waals surface area contributed by atoms with Crippen LogP contribution in [0.15, 0.2) is 54.6 Å². The number of anilines is 2. The van der Waals surface area contributed by atoms with E-state index in [1.807, 2.05) is 25.1 Å². The minimum Gasteiger partial charge on any atom is -0.472 e. The SMILES string of the molecule is COC(=O)C(Nc1ccc(N2COc3ccc(C)cc3C2=O)cc1)c1ccc(Cl)s1. The lowest BCUT2D eigenvalue weighted by Gasteiger charge is -2.29. The molecule has 1 aromatic heterocycles. The van der Waals surface area contributed by atoms with Crippen LogP contribution in [-0.4, -0.2) is 25.7 Å². The van der Waals surface area contributed by atoms with Crippen molar-refractivity contribution in [3.8, 4) is 5.75 Å². The normalized spacial score (nSPS) is 14.0. The zero-order valence-electron chi connectivity index (χ0n) is 16.3. The molecule has 4 rings (SSSR count). The van der Waals surface area contributed by atoms with Crippen molar-refractivity contribution in [3.05, 3.63) is 74.9 Å². The summed E-state index contributed by atoms with van der Waals surface area (Å²) in [5.74, 6) is 0.0705. The topological polar surface area (TPSA) is 67.9 Å². The van der Waals surface area contributed by atoms with Crippen LogP contribution in [0.3, 0.4) is 0 Å². The first-order valence-corrected chi connectivity index (χ1v) is 10.4. The van der Waals surface area contributed by atoms with Crippen molar-refractivity contribution in [2.45, 2.75) is 13.0 Å². The molecule has 30 heavy (non-hydrogen) atoms. The second-order valence-corrected chi connectivity index (χ2v) is 8.54. The first-order valence-electron chi connectivity index (χ1n) is 9.21. The number of aryl methyl sites for hydroxylation is 1. The van der Waals surface area contributed by atoms with Crippen LogP contribution >= 0.6 is 22.9 Å². The Morgan fingerprint density at radius 3 is 2.63 bits per heavy atom. The van der Waals surface area contributed by atoms with Crippen molar-refractivity contribution in [1.29, 1.82) is 0 Å². The van der Waals surface area contributed by atoms with E-state index >= 15 is 0 Å². The summed E-state index contributed by atoms with van der Waals surface area (Å²) in [5, 5.41) is 3.17. The molecule has 0 saturated carbocycles. The summed E-state index contributed by atoms with van der Waals surface area (Å²) in [6.45, 7) is 2.08. The van der Waals surface area contributed by atoms with Gasteiger partial charge in [-0.1, -0.05) is 23.2 Å². The summed E-state index contributed by atoms with van der Waals surface area (Å²) < 4.78 is 11.2. The summed E-state index contributed by atoms with van der Waals surface area (Å²) in [6, 6.07) is 15.6. The fourth-order valence-electron chi connectivity index (χ4n) is 3.22. The van der Waals surface area contributed by atoms with Crippen molar-refractivity contribution >= 4 is 46.2 Å². The molecule has 2 aromatic carbocycles. The van der Waals surface area contributed by atoms with Gasteiger partial charge in [0.15, 0.2) is 12.8 Å². The lowest BCUT2D eigenvalue weighted by molar-refractivity contribution is -0.141. The number of ether oxygens (including phenoxy) is 2. The third-order valence-corrected chi connectivity index (χ3v) is 6.06. The number of carbonyl (C=O) groups is 2. The maximum atomic E-state index is 12.9. The lowest BCUT2D eigenvalue weighted by Crippen LogP contribution is -2.38. The van der Waals surface area contributed by atoms with Gasteiger partial charge in [-0.05, 0) is 55.5 Å². The number of fused-ring (bicyclic) bond motifs is 1. The molecular formula is C22H19ClN2O4S. The monoisotopic (exact) mass is 442 g/mol. The highest BCUT2D eigenvalue weighted by Gasteiger charge is 2.27. The number of nitrogens with zero attached hydrogens (tertiary/aromatic N) is 1. The predicted octanol–water partition coefficient (Wildman–Crippen LogP) is 5.03. The van der Waals surface area contributed by atoms with Crippen molar-refractivity contribution in [2.75, 3.05) is 24.1 Å². The maximum absolute atomic E-state index is 12.9. The van der Waals surface area contributed by atoms with Gasteiger partial charge in [0.05, 0.1) is 17.0 Å². The molecule has 1 unspecified atom stereocenters. The average Bonchev–Trinajstić information content (AvgIpc) is 3.18. The van der Waals surface area contributed by atoms with Crippen molar-refractivity contribution < 1.29 is 19.1 Å².